The molecule has 1 aliphatic rings. The van der Waals surface area contributed by atoms with Gasteiger partial charge in [0, 0.05) is 52.4 Å². The number of carbonyl (C=O) groups excluding carboxylic acids is 2. The third-order valence-electron chi connectivity index (χ3n) is 4.78. The van der Waals surface area contributed by atoms with Gasteiger partial charge < -0.3 is 25.4 Å². The lowest BCUT2D eigenvalue weighted by molar-refractivity contribution is -0.153. The molecule has 1 aromatic rings. The highest BCUT2D eigenvalue weighted by atomic mass is 16.5. The van der Waals surface area contributed by atoms with Gasteiger partial charge in [-0.25, -0.2) is 0 Å². The average Bonchev–Trinajstić information content (AvgIpc) is 2.72. The Hall–Kier alpha value is -2.49. The van der Waals surface area contributed by atoms with Crippen LogP contribution in [0.5, 0.6) is 0 Å². The molecule has 0 bridgehead atoms. The number of ether oxygens (including phenoxy) is 1. The van der Waals surface area contributed by atoms with E-state index in [0.29, 0.717) is 52.4 Å². The molecule has 1 aliphatic heterocycles. The van der Waals surface area contributed by atoms with Gasteiger partial charge in [0.05, 0.1) is 6.42 Å². The fraction of sp³-hybridized carbons (Fsp3) is 0.550. The Kier molecular flexibility index (Phi) is 10.1. The second kappa shape index (κ2) is 12.9. The van der Waals surface area contributed by atoms with E-state index in [1.807, 2.05) is 30.3 Å². The molecule has 0 aliphatic carbocycles. The number of nitrogens with one attached hydrogen (secondary N) is 2. The summed E-state index contributed by atoms with van der Waals surface area (Å²) in [6, 6.07) is 8.34. The highest BCUT2D eigenvalue weighted by Gasteiger charge is 2.28. The first-order chi connectivity index (χ1) is 14.1. The normalized spacial score (nSPS) is 18.1. The molecular formula is C20H30N4O5. The minimum Gasteiger partial charge on any atom is -0.480 e. The van der Waals surface area contributed by atoms with Gasteiger partial charge in [0.25, 0.3) is 0 Å². The van der Waals surface area contributed by atoms with Crippen molar-refractivity contribution in [1.29, 1.82) is 0 Å². The molecule has 0 aromatic heterocycles. The zero-order valence-corrected chi connectivity index (χ0v) is 16.6. The van der Waals surface area contributed by atoms with E-state index in [4.69, 9.17) is 4.74 Å². The number of nitrogens with zero attached hydrogens (tertiary/aromatic N) is 2. The summed E-state index contributed by atoms with van der Waals surface area (Å²) in [6.07, 6.45) is 0.629. The standard InChI is InChI=1S/C20H30N4O5/c25-16-23-10-6-21-8-12-24(13-9-22-7-11-23)18(20(27)28)14-19(26)29-15-17-4-2-1-3-5-17/h1-5,16,18,21-22H,6-15H2,(H,27,28). The van der Waals surface area contributed by atoms with Gasteiger partial charge in [-0.2, -0.15) is 0 Å². The number of carboxylic acid groups (broad SMARTS) is 1. The van der Waals surface area contributed by atoms with Crippen LogP contribution in [0.4, 0.5) is 0 Å². The Morgan fingerprint density at radius 2 is 1.62 bits per heavy atom. The van der Waals surface area contributed by atoms with Crippen LogP contribution in [0.2, 0.25) is 0 Å². The van der Waals surface area contributed by atoms with Crippen LogP contribution in [0, 0.1) is 0 Å². The first-order valence-electron chi connectivity index (χ1n) is 9.87. The third kappa shape index (κ3) is 8.59. The van der Waals surface area contributed by atoms with E-state index < -0.39 is 18.0 Å². The first-order valence-corrected chi connectivity index (χ1v) is 9.87. The van der Waals surface area contributed by atoms with Crippen molar-refractivity contribution in [3.8, 4) is 0 Å². The number of hydrogen-bond donors (Lipinski definition) is 3. The lowest BCUT2D eigenvalue weighted by Gasteiger charge is -2.29. The lowest BCUT2D eigenvalue weighted by atomic mass is 10.1. The summed E-state index contributed by atoms with van der Waals surface area (Å²) in [4.78, 5) is 38.5. The molecule has 1 saturated heterocycles. The van der Waals surface area contributed by atoms with Crippen LogP contribution < -0.4 is 10.6 Å². The van der Waals surface area contributed by atoms with E-state index in [2.05, 4.69) is 10.6 Å². The van der Waals surface area contributed by atoms with Gasteiger partial charge in [-0.3, -0.25) is 19.3 Å². The summed E-state index contributed by atoms with van der Waals surface area (Å²) in [7, 11) is 0. The predicted octanol–water partition coefficient (Wildman–Crippen LogP) is -0.474. The summed E-state index contributed by atoms with van der Waals surface area (Å²) < 4.78 is 5.26. The average molecular weight is 406 g/mol. The molecule has 1 amide bonds. The Morgan fingerprint density at radius 1 is 1.03 bits per heavy atom. The van der Waals surface area contributed by atoms with E-state index >= 15 is 0 Å². The van der Waals surface area contributed by atoms with Crippen LogP contribution in [0.25, 0.3) is 0 Å². The zero-order chi connectivity index (χ0) is 20.9. The lowest BCUT2D eigenvalue weighted by Crippen LogP contribution is -2.49. The van der Waals surface area contributed by atoms with Crippen molar-refractivity contribution in [2.75, 3.05) is 52.4 Å². The van der Waals surface area contributed by atoms with Crippen molar-refractivity contribution in [3.05, 3.63) is 35.9 Å². The topological polar surface area (TPSA) is 111 Å². The second-order valence-corrected chi connectivity index (χ2v) is 6.88. The maximum atomic E-state index is 12.2. The van der Waals surface area contributed by atoms with Crippen molar-refractivity contribution in [3.63, 3.8) is 0 Å². The highest BCUT2D eigenvalue weighted by Crippen LogP contribution is 2.08. The molecule has 0 saturated carbocycles. The number of amides is 1. The van der Waals surface area contributed by atoms with Crippen molar-refractivity contribution in [2.24, 2.45) is 0 Å². The molecule has 0 spiro atoms. The Labute approximate surface area is 171 Å². The van der Waals surface area contributed by atoms with Crippen LogP contribution in [0.15, 0.2) is 30.3 Å². The molecule has 3 N–H and O–H groups in total. The van der Waals surface area contributed by atoms with E-state index in [0.717, 1.165) is 12.0 Å². The molecule has 0 radical (unpaired) electrons. The minimum absolute atomic E-state index is 0.127. The molecule has 1 aromatic carbocycles. The number of rotatable bonds is 7. The highest BCUT2D eigenvalue weighted by molar-refractivity contribution is 5.81. The largest absolute Gasteiger partial charge is 0.480 e. The molecule has 1 heterocycles. The molecule has 1 fully saturated rings. The number of aliphatic carboxylic acids is 1. The van der Waals surface area contributed by atoms with Gasteiger partial charge in [-0.05, 0) is 5.56 Å². The van der Waals surface area contributed by atoms with Crippen LogP contribution in [0.3, 0.4) is 0 Å². The summed E-state index contributed by atoms with van der Waals surface area (Å²) in [5.74, 6) is -1.57. The summed E-state index contributed by atoms with van der Waals surface area (Å²) in [5.41, 5.74) is 0.858. The Balaban J connectivity index is 1.89. The van der Waals surface area contributed by atoms with Crippen LogP contribution in [-0.2, 0) is 25.7 Å². The zero-order valence-electron chi connectivity index (χ0n) is 16.6. The minimum atomic E-state index is -1.04. The molecule has 29 heavy (non-hydrogen) atoms. The Bertz CT molecular complexity index is 629. The van der Waals surface area contributed by atoms with Gasteiger partial charge in [0.2, 0.25) is 6.41 Å². The molecule has 1 atom stereocenters. The smallest absolute Gasteiger partial charge is 0.321 e. The number of hydrogen-bond acceptors (Lipinski definition) is 7. The molecule has 9 nitrogen and oxygen atoms in total. The summed E-state index contributed by atoms with van der Waals surface area (Å²) >= 11 is 0. The molecule has 160 valence electrons. The van der Waals surface area contributed by atoms with Gasteiger partial charge in [0.15, 0.2) is 0 Å². The number of esters is 1. The SMILES string of the molecule is O=CN1CCNCCN(C(CC(=O)OCc2ccccc2)C(=O)O)CCNCC1. The van der Waals surface area contributed by atoms with Crippen molar-refractivity contribution in [2.45, 2.75) is 19.1 Å². The van der Waals surface area contributed by atoms with Gasteiger partial charge in [-0.1, -0.05) is 30.3 Å². The monoisotopic (exact) mass is 406 g/mol. The first kappa shape index (κ1) is 22.8. The van der Waals surface area contributed by atoms with Crippen molar-refractivity contribution < 1.29 is 24.2 Å². The van der Waals surface area contributed by atoms with Gasteiger partial charge in [-0.15, -0.1) is 0 Å². The summed E-state index contributed by atoms with van der Waals surface area (Å²) in [6.45, 7) is 4.66. The van der Waals surface area contributed by atoms with Crippen molar-refractivity contribution >= 4 is 18.3 Å². The van der Waals surface area contributed by atoms with Crippen LogP contribution in [0.1, 0.15) is 12.0 Å². The van der Waals surface area contributed by atoms with Crippen LogP contribution in [-0.4, -0.2) is 91.7 Å². The number of benzene rings is 1. The molecule has 1 unspecified atom stereocenters. The third-order valence-corrected chi connectivity index (χ3v) is 4.78. The maximum Gasteiger partial charge on any atom is 0.321 e. The fourth-order valence-corrected chi connectivity index (χ4v) is 3.11. The predicted molar refractivity (Wildman–Crippen MR) is 107 cm³/mol. The fourth-order valence-electron chi connectivity index (χ4n) is 3.11. The van der Waals surface area contributed by atoms with Gasteiger partial charge in [0.1, 0.15) is 12.6 Å². The maximum absolute atomic E-state index is 12.2. The molecule has 9 heteroatoms. The van der Waals surface area contributed by atoms with E-state index in [1.165, 1.54) is 0 Å². The summed E-state index contributed by atoms with van der Waals surface area (Å²) in [5, 5.41) is 16.1. The quantitative estimate of drug-likeness (QED) is 0.412. The molecular weight excluding hydrogens is 376 g/mol. The van der Waals surface area contributed by atoms with E-state index in [-0.39, 0.29) is 13.0 Å². The number of carbonyl (C=O) groups is 3. The number of carboxylic acids is 1. The Morgan fingerprint density at radius 3 is 2.17 bits per heavy atom. The molecule has 2 rings (SSSR count). The second-order valence-electron chi connectivity index (χ2n) is 6.88. The van der Waals surface area contributed by atoms with E-state index in [1.54, 1.807) is 9.80 Å². The van der Waals surface area contributed by atoms with Crippen molar-refractivity contribution in [1.82, 2.24) is 20.4 Å². The van der Waals surface area contributed by atoms with Gasteiger partial charge >= 0.3 is 11.9 Å². The van der Waals surface area contributed by atoms with E-state index in [9.17, 15) is 19.5 Å². The van der Waals surface area contributed by atoms with Crippen LogP contribution >= 0.6 is 0 Å².